The van der Waals surface area contributed by atoms with E-state index < -0.39 is 0 Å². The van der Waals surface area contributed by atoms with Crippen molar-refractivity contribution in [2.75, 3.05) is 23.5 Å². The lowest BCUT2D eigenvalue weighted by molar-refractivity contribution is -0.115. The number of carbonyl (C=O) groups excluding carboxylic acids is 1. The van der Waals surface area contributed by atoms with Crippen LogP contribution in [0.3, 0.4) is 0 Å². The highest BCUT2D eigenvalue weighted by atomic mass is 32.2. The molecule has 1 fully saturated rings. The number of aromatic nitrogens is 2. The Balaban J connectivity index is 1.38. The minimum Gasteiger partial charge on any atom is -0.497 e. The third-order valence-electron chi connectivity index (χ3n) is 3.24. The van der Waals surface area contributed by atoms with E-state index in [9.17, 15) is 4.79 Å². The van der Waals surface area contributed by atoms with Crippen molar-refractivity contribution in [1.29, 1.82) is 0 Å². The van der Waals surface area contributed by atoms with Crippen LogP contribution in [0.15, 0.2) is 28.6 Å². The van der Waals surface area contributed by atoms with Gasteiger partial charge < -0.3 is 15.4 Å². The Morgan fingerprint density at radius 2 is 2.13 bits per heavy atom. The lowest BCUT2D eigenvalue weighted by Gasteiger charge is -2.05. The van der Waals surface area contributed by atoms with E-state index in [-0.39, 0.29) is 5.91 Å². The second-order valence-electron chi connectivity index (χ2n) is 5.17. The first-order chi connectivity index (χ1) is 11.2. The van der Waals surface area contributed by atoms with Crippen molar-refractivity contribution in [3.8, 4) is 5.75 Å². The molecule has 1 aromatic carbocycles. The Kier molecular flexibility index (Phi) is 5.35. The Morgan fingerprint density at radius 1 is 1.35 bits per heavy atom. The summed E-state index contributed by atoms with van der Waals surface area (Å²) >= 11 is 3.10. The number of nitrogens with one attached hydrogen (secondary N) is 2. The number of hydrogen-bond donors (Lipinski definition) is 2. The first-order valence-electron chi connectivity index (χ1n) is 7.39. The summed E-state index contributed by atoms with van der Waals surface area (Å²) in [5, 5.41) is 15.3. The van der Waals surface area contributed by atoms with Crippen molar-refractivity contribution < 1.29 is 9.53 Å². The highest BCUT2D eigenvalue weighted by molar-refractivity contribution is 8.01. The third kappa shape index (κ3) is 5.11. The topological polar surface area (TPSA) is 76.1 Å². The summed E-state index contributed by atoms with van der Waals surface area (Å²) < 4.78 is 5.98. The smallest absolute Gasteiger partial charge is 0.225 e. The fraction of sp³-hybridized carbons (Fsp3) is 0.400. The molecule has 3 rings (SSSR count). The van der Waals surface area contributed by atoms with Gasteiger partial charge in [0, 0.05) is 23.9 Å². The second-order valence-corrected chi connectivity index (χ2v) is 7.49. The summed E-state index contributed by atoms with van der Waals surface area (Å²) in [6.07, 6.45) is 2.86. The fourth-order valence-electron chi connectivity index (χ4n) is 1.86. The number of anilines is 2. The molecule has 23 heavy (non-hydrogen) atoms. The highest BCUT2D eigenvalue weighted by Crippen LogP contribution is 2.30. The largest absolute Gasteiger partial charge is 0.497 e. The molecular weight excluding hydrogens is 332 g/mol. The summed E-state index contributed by atoms with van der Waals surface area (Å²) in [5.74, 6) is 1.44. The average molecular weight is 350 g/mol. The first kappa shape index (κ1) is 16.1. The Bertz CT molecular complexity index is 656. The van der Waals surface area contributed by atoms with Crippen LogP contribution in [0.1, 0.15) is 19.3 Å². The van der Waals surface area contributed by atoms with Crippen LogP contribution >= 0.6 is 23.1 Å². The highest BCUT2D eigenvalue weighted by Gasteiger charge is 2.22. The van der Waals surface area contributed by atoms with Crippen molar-refractivity contribution >= 4 is 39.8 Å². The van der Waals surface area contributed by atoms with Gasteiger partial charge in [0.15, 0.2) is 4.34 Å². The Hall–Kier alpha value is -1.80. The third-order valence-corrected chi connectivity index (χ3v) is 5.23. The number of nitrogens with zero attached hydrogens (tertiary/aromatic N) is 2. The first-order valence-corrected chi connectivity index (χ1v) is 9.20. The molecule has 0 spiro atoms. The Labute approximate surface area is 143 Å². The molecule has 1 aliphatic rings. The summed E-state index contributed by atoms with van der Waals surface area (Å²) in [4.78, 5) is 11.9. The number of amides is 1. The van der Waals surface area contributed by atoms with E-state index in [1.54, 1.807) is 30.2 Å². The molecule has 1 aliphatic carbocycles. The molecule has 2 aromatic rings. The van der Waals surface area contributed by atoms with Gasteiger partial charge >= 0.3 is 0 Å². The van der Waals surface area contributed by atoms with Crippen LogP contribution in [0.5, 0.6) is 5.75 Å². The van der Waals surface area contributed by atoms with Gasteiger partial charge in [-0.1, -0.05) is 23.1 Å². The quantitative estimate of drug-likeness (QED) is 0.712. The standard InChI is InChI=1S/C15H18N4O2S2/c1-21-12-6-4-10(5-7-12)16-13(20)8-9-22-15-19-18-14(23-15)17-11-2-3-11/h4-7,11H,2-3,8-9H2,1H3,(H,16,20)(H,17,18). The van der Waals surface area contributed by atoms with E-state index in [0.717, 1.165) is 20.9 Å². The maximum atomic E-state index is 11.9. The number of thioether (sulfide) groups is 1. The molecule has 0 atom stereocenters. The van der Waals surface area contributed by atoms with Crippen molar-refractivity contribution in [3.05, 3.63) is 24.3 Å². The molecule has 8 heteroatoms. The van der Waals surface area contributed by atoms with E-state index in [2.05, 4.69) is 20.8 Å². The van der Waals surface area contributed by atoms with Crippen molar-refractivity contribution in [3.63, 3.8) is 0 Å². The van der Waals surface area contributed by atoms with E-state index in [1.165, 1.54) is 12.8 Å². The van der Waals surface area contributed by atoms with Gasteiger partial charge in [-0.3, -0.25) is 4.79 Å². The summed E-state index contributed by atoms with van der Waals surface area (Å²) in [6, 6.07) is 7.87. The van der Waals surface area contributed by atoms with Crippen LogP contribution in [-0.2, 0) is 4.79 Å². The summed E-state index contributed by atoms with van der Waals surface area (Å²) in [5.41, 5.74) is 0.771. The molecule has 6 nitrogen and oxygen atoms in total. The zero-order valence-electron chi connectivity index (χ0n) is 12.7. The van der Waals surface area contributed by atoms with E-state index >= 15 is 0 Å². The molecular formula is C15H18N4O2S2. The molecule has 0 saturated heterocycles. The number of ether oxygens (including phenoxy) is 1. The lowest BCUT2D eigenvalue weighted by Crippen LogP contribution is -2.12. The molecule has 1 amide bonds. The number of rotatable bonds is 8. The summed E-state index contributed by atoms with van der Waals surface area (Å²) in [6.45, 7) is 0. The molecule has 0 aliphatic heterocycles. The molecule has 1 aromatic heterocycles. The molecule has 1 heterocycles. The predicted molar refractivity (Wildman–Crippen MR) is 93.5 cm³/mol. The number of benzene rings is 1. The Morgan fingerprint density at radius 3 is 2.83 bits per heavy atom. The minimum absolute atomic E-state index is 0.0106. The molecule has 2 N–H and O–H groups in total. The number of hydrogen-bond acceptors (Lipinski definition) is 7. The van der Waals surface area contributed by atoms with Crippen LogP contribution in [-0.4, -0.2) is 35.0 Å². The van der Waals surface area contributed by atoms with Gasteiger partial charge in [0.1, 0.15) is 5.75 Å². The molecule has 0 radical (unpaired) electrons. The van der Waals surface area contributed by atoms with Gasteiger partial charge in [0.2, 0.25) is 11.0 Å². The zero-order chi connectivity index (χ0) is 16.1. The van der Waals surface area contributed by atoms with E-state index in [0.29, 0.717) is 18.2 Å². The second kappa shape index (κ2) is 7.65. The van der Waals surface area contributed by atoms with Crippen molar-refractivity contribution in [2.24, 2.45) is 0 Å². The van der Waals surface area contributed by atoms with Gasteiger partial charge in [0.05, 0.1) is 7.11 Å². The predicted octanol–water partition coefficient (Wildman–Crippen LogP) is 3.24. The van der Waals surface area contributed by atoms with Crippen LogP contribution < -0.4 is 15.4 Å². The maximum absolute atomic E-state index is 11.9. The van der Waals surface area contributed by atoms with E-state index in [4.69, 9.17) is 4.74 Å². The zero-order valence-corrected chi connectivity index (χ0v) is 14.4. The van der Waals surface area contributed by atoms with Crippen LogP contribution in [0.2, 0.25) is 0 Å². The lowest BCUT2D eigenvalue weighted by atomic mass is 10.3. The monoisotopic (exact) mass is 350 g/mol. The number of carbonyl (C=O) groups is 1. The summed E-state index contributed by atoms with van der Waals surface area (Å²) in [7, 11) is 1.61. The van der Waals surface area contributed by atoms with Gasteiger partial charge in [-0.25, -0.2) is 0 Å². The van der Waals surface area contributed by atoms with Crippen molar-refractivity contribution in [1.82, 2.24) is 10.2 Å². The molecule has 0 unspecified atom stereocenters. The van der Waals surface area contributed by atoms with Crippen LogP contribution in [0.25, 0.3) is 0 Å². The number of methoxy groups -OCH3 is 1. The van der Waals surface area contributed by atoms with Crippen LogP contribution in [0, 0.1) is 0 Å². The van der Waals surface area contributed by atoms with Gasteiger partial charge in [0.25, 0.3) is 0 Å². The maximum Gasteiger partial charge on any atom is 0.225 e. The van der Waals surface area contributed by atoms with Gasteiger partial charge in [-0.2, -0.15) is 0 Å². The fourth-order valence-corrected chi connectivity index (χ4v) is 3.70. The minimum atomic E-state index is -0.0106. The van der Waals surface area contributed by atoms with Gasteiger partial charge in [-0.15, -0.1) is 10.2 Å². The SMILES string of the molecule is COc1ccc(NC(=O)CCSc2nnc(NC3CC3)s2)cc1. The van der Waals surface area contributed by atoms with Crippen LogP contribution in [0.4, 0.5) is 10.8 Å². The average Bonchev–Trinajstić information content (AvgIpc) is 3.26. The molecule has 1 saturated carbocycles. The van der Waals surface area contributed by atoms with Gasteiger partial charge in [-0.05, 0) is 37.1 Å². The normalized spacial score (nSPS) is 13.6. The molecule has 122 valence electrons. The molecule has 0 bridgehead atoms. The van der Waals surface area contributed by atoms with Crippen molar-refractivity contribution in [2.45, 2.75) is 29.6 Å². The van der Waals surface area contributed by atoms with E-state index in [1.807, 2.05) is 24.3 Å².